The van der Waals surface area contributed by atoms with E-state index in [1.807, 2.05) is 0 Å². The Bertz CT molecular complexity index is 421. The molecule has 0 spiro atoms. The zero-order valence-corrected chi connectivity index (χ0v) is 10.9. The predicted octanol–water partition coefficient (Wildman–Crippen LogP) is -0.977. The lowest BCUT2D eigenvalue weighted by molar-refractivity contribution is -0.151. The van der Waals surface area contributed by atoms with Crippen molar-refractivity contribution in [2.24, 2.45) is 16.8 Å². The van der Waals surface area contributed by atoms with Gasteiger partial charge in [-0.3, -0.25) is 19.7 Å². The highest BCUT2D eigenvalue weighted by Crippen LogP contribution is 2.15. The van der Waals surface area contributed by atoms with Crippen molar-refractivity contribution in [3.8, 4) is 0 Å². The summed E-state index contributed by atoms with van der Waals surface area (Å²) < 4.78 is 0. The van der Waals surface area contributed by atoms with Crippen molar-refractivity contribution < 1.29 is 19.6 Å². The van der Waals surface area contributed by atoms with E-state index in [2.05, 4.69) is 10.5 Å². The van der Waals surface area contributed by atoms with Gasteiger partial charge in [-0.1, -0.05) is 19.0 Å². The molecule has 4 N–H and O–H groups in total. The Kier molecular flexibility index (Phi) is 4.85. The van der Waals surface area contributed by atoms with Crippen LogP contribution in [0.1, 0.15) is 26.7 Å². The molecule has 1 aliphatic heterocycles. The molecule has 1 fully saturated rings. The summed E-state index contributed by atoms with van der Waals surface area (Å²) in [5.74, 6) is -2.56. The van der Waals surface area contributed by atoms with Gasteiger partial charge in [0.15, 0.2) is 5.84 Å². The maximum absolute atomic E-state index is 12.3. The number of carbonyl (C=O) groups excluding carboxylic acids is 3. The summed E-state index contributed by atoms with van der Waals surface area (Å²) in [6.07, 6.45) is 0.703. The molecule has 0 aromatic rings. The molecular formula is C11H18N4O4. The molecule has 0 bridgehead atoms. The third-order valence-corrected chi connectivity index (χ3v) is 3.10. The quantitative estimate of drug-likeness (QED) is 0.199. The van der Waals surface area contributed by atoms with Crippen LogP contribution in [0.3, 0.4) is 0 Å². The average molecular weight is 270 g/mol. The predicted molar refractivity (Wildman–Crippen MR) is 66.1 cm³/mol. The summed E-state index contributed by atoms with van der Waals surface area (Å²) in [6, 6.07) is -0.703. The summed E-state index contributed by atoms with van der Waals surface area (Å²) in [7, 11) is 0. The SMILES string of the molecule is CCC(C(=O)N1CC(=O)NC(=O)C1CC)C(N)=NO. The molecule has 106 valence electrons. The minimum Gasteiger partial charge on any atom is -0.409 e. The normalized spacial score (nSPS) is 22.1. The number of nitrogens with one attached hydrogen (secondary N) is 1. The van der Waals surface area contributed by atoms with Crippen molar-refractivity contribution >= 4 is 23.6 Å². The third-order valence-electron chi connectivity index (χ3n) is 3.10. The molecule has 0 aromatic heterocycles. The third kappa shape index (κ3) is 3.01. The highest BCUT2D eigenvalue weighted by atomic mass is 16.4. The summed E-state index contributed by atoms with van der Waals surface area (Å²) in [5, 5.41) is 13.7. The van der Waals surface area contributed by atoms with Crippen LogP contribution in [0.25, 0.3) is 0 Å². The highest BCUT2D eigenvalue weighted by molar-refractivity contribution is 6.08. The fourth-order valence-electron chi connectivity index (χ4n) is 2.08. The van der Waals surface area contributed by atoms with E-state index < -0.39 is 29.7 Å². The van der Waals surface area contributed by atoms with Crippen molar-refractivity contribution in [3.05, 3.63) is 0 Å². The maximum atomic E-state index is 12.3. The first-order valence-corrected chi connectivity index (χ1v) is 6.07. The molecule has 1 aliphatic rings. The lowest BCUT2D eigenvalue weighted by atomic mass is 10.0. The van der Waals surface area contributed by atoms with Crippen LogP contribution < -0.4 is 11.1 Å². The van der Waals surface area contributed by atoms with Crippen LogP contribution >= 0.6 is 0 Å². The molecule has 0 aromatic carbocycles. The minimum atomic E-state index is -0.835. The van der Waals surface area contributed by atoms with E-state index in [1.54, 1.807) is 13.8 Å². The molecular weight excluding hydrogens is 252 g/mol. The maximum Gasteiger partial charge on any atom is 0.249 e. The Balaban J connectivity index is 3.00. The Morgan fingerprint density at radius 2 is 2.21 bits per heavy atom. The second kappa shape index (κ2) is 6.17. The van der Waals surface area contributed by atoms with E-state index in [0.717, 1.165) is 0 Å². The number of rotatable bonds is 4. The van der Waals surface area contributed by atoms with Gasteiger partial charge in [0.25, 0.3) is 0 Å². The smallest absolute Gasteiger partial charge is 0.249 e. The molecule has 1 heterocycles. The fourth-order valence-corrected chi connectivity index (χ4v) is 2.08. The van der Waals surface area contributed by atoms with Crippen molar-refractivity contribution in [3.63, 3.8) is 0 Å². The van der Waals surface area contributed by atoms with Gasteiger partial charge in [0.1, 0.15) is 12.6 Å². The van der Waals surface area contributed by atoms with Gasteiger partial charge < -0.3 is 15.8 Å². The number of imide groups is 1. The van der Waals surface area contributed by atoms with Crippen LogP contribution in [-0.2, 0) is 14.4 Å². The van der Waals surface area contributed by atoms with Gasteiger partial charge in [-0.05, 0) is 12.8 Å². The van der Waals surface area contributed by atoms with E-state index in [0.29, 0.717) is 12.8 Å². The Hall–Kier alpha value is -2.12. The first-order chi connectivity index (χ1) is 8.96. The number of amidine groups is 1. The number of nitrogens with zero attached hydrogens (tertiary/aromatic N) is 2. The number of carbonyl (C=O) groups is 3. The number of amides is 3. The van der Waals surface area contributed by atoms with Gasteiger partial charge in [0.05, 0.1) is 5.92 Å². The molecule has 0 aliphatic carbocycles. The van der Waals surface area contributed by atoms with Crippen LogP contribution in [0.4, 0.5) is 0 Å². The molecule has 0 radical (unpaired) electrons. The summed E-state index contributed by atoms with van der Waals surface area (Å²) in [6.45, 7) is 3.25. The summed E-state index contributed by atoms with van der Waals surface area (Å²) in [4.78, 5) is 36.5. The molecule has 0 saturated carbocycles. The molecule has 2 atom stereocenters. The van der Waals surface area contributed by atoms with Gasteiger partial charge in [-0.25, -0.2) is 0 Å². The second-order valence-corrected chi connectivity index (χ2v) is 4.29. The molecule has 1 rings (SSSR count). The van der Waals surface area contributed by atoms with Crippen molar-refractivity contribution in [1.29, 1.82) is 0 Å². The Morgan fingerprint density at radius 1 is 1.58 bits per heavy atom. The number of piperazine rings is 1. The number of nitrogens with two attached hydrogens (primary N) is 1. The summed E-state index contributed by atoms with van der Waals surface area (Å²) in [5.41, 5.74) is 5.46. The molecule has 8 heteroatoms. The molecule has 19 heavy (non-hydrogen) atoms. The van der Waals surface area contributed by atoms with Crippen LogP contribution in [-0.4, -0.2) is 46.3 Å². The van der Waals surface area contributed by atoms with Gasteiger partial charge in [-0.15, -0.1) is 0 Å². The van der Waals surface area contributed by atoms with Crippen LogP contribution in [0, 0.1) is 5.92 Å². The molecule has 1 saturated heterocycles. The van der Waals surface area contributed by atoms with E-state index >= 15 is 0 Å². The molecule has 2 unspecified atom stereocenters. The van der Waals surface area contributed by atoms with Gasteiger partial charge >= 0.3 is 0 Å². The zero-order valence-electron chi connectivity index (χ0n) is 10.9. The second-order valence-electron chi connectivity index (χ2n) is 4.29. The molecule has 3 amide bonds. The van der Waals surface area contributed by atoms with Crippen molar-refractivity contribution in [2.75, 3.05) is 6.54 Å². The number of hydrogen-bond acceptors (Lipinski definition) is 5. The number of oxime groups is 1. The number of hydrogen-bond donors (Lipinski definition) is 3. The summed E-state index contributed by atoms with van der Waals surface area (Å²) >= 11 is 0. The monoisotopic (exact) mass is 270 g/mol. The van der Waals surface area contributed by atoms with E-state index in [4.69, 9.17) is 10.9 Å². The minimum absolute atomic E-state index is 0.196. The van der Waals surface area contributed by atoms with Crippen LogP contribution in [0.5, 0.6) is 0 Å². The highest BCUT2D eigenvalue weighted by Gasteiger charge is 2.38. The van der Waals surface area contributed by atoms with E-state index in [-0.39, 0.29) is 12.4 Å². The lowest BCUT2D eigenvalue weighted by Gasteiger charge is -2.35. The first kappa shape index (κ1) is 14.9. The van der Waals surface area contributed by atoms with Gasteiger partial charge in [0, 0.05) is 0 Å². The Morgan fingerprint density at radius 3 is 2.68 bits per heavy atom. The zero-order chi connectivity index (χ0) is 14.6. The van der Waals surface area contributed by atoms with Gasteiger partial charge in [0.2, 0.25) is 17.7 Å². The largest absolute Gasteiger partial charge is 0.409 e. The van der Waals surface area contributed by atoms with Crippen LogP contribution in [0.2, 0.25) is 0 Å². The van der Waals surface area contributed by atoms with Crippen molar-refractivity contribution in [2.45, 2.75) is 32.7 Å². The first-order valence-electron chi connectivity index (χ1n) is 6.07. The average Bonchev–Trinajstić information content (AvgIpc) is 2.38. The Labute approximate surface area is 110 Å². The van der Waals surface area contributed by atoms with Crippen LogP contribution in [0.15, 0.2) is 5.16 Å². The van der Waals surface area contributed by atoms with E-state index in [1.165, 1.54) is 4.90 Å². The van der Waals surface area contributed by atoms with Crippen molar-refractivity contribution in [1.82, 2.24) is 10.2 Å². The fraction of sp³-hybridized carbons (Fsp3) is 0.636. The topological polar surface area (TPSA) is 125 Å². The van der Waals surface area contributed by atoms with E-state index in [9.17, 15) is 14.4 Å². The lowest BCUT2D eigenvalue weighted by Crippen LogP contribution is -2.61. The molecule has 8 nitrogen and oxygen atoms in total. The van der Waals surface area contributed by atoms with Gasteiger partial charge in [-0.2, -0.15) is 0 Å². The standard InChI is InChI=1S/C11H18N4O4/c1-3-6(9(12)14-19)11(18)15-5-8(16)13-10(17)7(15)4-2/h6-7,19H,3-5H2,1-2H3,(H2,12,14)(H,13,16,17).